The van der Waals surface area contributed by atoms with Crippen molar-refractivity contribution in [3.8, 4) is 5.75 Å². The molecule has 0 amide bonds. The van der Waals surface area contributed by atoms with Gasteiger partial charge in [-0.25, -0.2) is 5.84 Å². The Morgan fingerprint density at radius 3 is 2.29 bits per heavy atom. The number of phenols is 1. The molecule has 10 heteroatoms. The van der Waals surface area contributed by atoms with E-state index in [9.17, 15) is 5.11 Å². The van der Waals surface area contributed by atoms with Gasteiger partial charge >= 0.3 is 0 Å². The largest absolute Gasteiger partial charge is 0.508 e. The van der Waals surface area contributed by atoms with Crippen LogP contribution in [0.4, 0.5) is 5.69 Å². The van der Waals surface area contributed by atoms with Crippen molar-refractivity contribution >= 4 is 34.7 Å². The van der Waals surface area contributed by atoms with E-state index in [4.69, 9.17) is 34.9 Å². The molecule has 3 rings (SSSR count). The van der Waals surface area contributed by atoms with E-state index in [2.05, 4.69) is 19.9 Å². The van der Waals surface area contributed by atoms with Crippen molar-refractivity contribution in [1.29, 1.82) is 0 Å². The highest BCUT2D eigenvalue weighted by molar-refractivity contribution is 6.38. The summed E-state index contributed by atoms with van der Waals surface area (Å²) in [5.41, 5.74) is 1.25. The number of hydrogen-bond donors (Lipinski definition) is 3. The van der Waals surface area contributed by atoms with Crippen LogP contribution < -0.4 is 16.6 Å². The summed E-state index contributed by atoms with van der Waals surface area (Å²) in [6.07, 6.45) is 3.19. The monoisotopic (exact) mass is 465 g/mol. The number of nitrogens with zero attached hydrogens (tertiary/aromatic N) is 5. The maximum atomic E-state index is 10.1. The summed E-state index contributed by atoms with van der Waals surface area (Å²) in [6.45, 7) is 8.72. The van der Waals surface area contributed by atoms with Gasteiger partial charge in [0.05, 0.1) is 21.8 Å². The highest BCUT2D eigenvalue weighted by atomic mass is 35.5. The van der Waals surface area contributed by atoms with Gasteiger partial charge in [0.15, 0.2) is 5.84 Å². The van der Waals surface area contributed by atoms with E-state index >= 15 is 0 Å². The van der Waals surface area contributed by atoms with Crippen molar-refractivity contribution < 1.29 is 5.11 Å². The van der Waals surface area contributed by atoms with E-state index < -0.39 is 5.54 Å². The number of phenolic OH excluding ortho intramolecular Hbond substituents is 1. The minimum atomic E-state index is -0.396. The normalized spacial score (nSPS) is 17.0. The van der Waals surface area contributed by atoms with Gasteiger partial charge in [0.1, 0.15) is 5.75 Å². The molecule has 1 saturated heterocycles. The highest BCUT2D eigenvalue weighted by Crippen LogP contribution is 2.35. The molecule has 0 aliphatic carbocycles. The van der Waals surface area contributed by atoms with E-state index in [0.29, 0.717) is 42.1 Å². The summed E-state index contributed by atoms with van der Waals surface area (Å²) < 4.78 is 0. The fourth-order valence-electron chi connectivity index (χ4n) is 3.74. The molecule has 0 bridgehead atoms. The van der Waals surface area contributed by atoms with Crippen molar-refractivity contribution in [2.24, 2.45) is 16.8 Å². The third-order valence-corrected chi connectivity index (χ3v) is 5.91. The standard InChI is InChI=1S/C21H29Cl2N7O/c1-21(2,3)30(25)20(27-24)18(14-5-4-6-15(31)11-14)28-7-9-29(10-8-28)19-16(22)12-26-13-17(19)23/h4-6,11-13,18,31H,7-10,24-25H2,1-3H3/b27-20-. The molecule has 1 unspecified atom stereocenters. The Morgan fingerprint density at radius 1 is 1.16 bits per heavy atom. The van der Waals surface area contributed by atoms with Gasteiger partial charge in [-0.15, -0.1) is 0 Å². The van der Waals surface area contributed by atoms with Gasteiger partial charge in [-0.1, -0.05) is 35.3 Å². The number of nitrogens with two attached hydrogens (primary N) is 2. The average molecular weight is 466 g/mol. The van der Waals surface area contributed by atoms with Gasteiger partial charge in [0.2, 0.25) is 0 Å². The Bertz CT molecular complexity index is 919. The van der Waals surface area contributed by atoms with Crippen molar-refractivity contribution in [2.75, 3.05) is 31.1 Å². The van der Waals surface area contributed by atoms with E-state index in [1.807, 2.05) is 26.8 Å². The molecule has 8 nitrogen and oxygen atoms in total. The molecule has 5 N–H and O–H groups in total. The molecule has 0 spiro atoms. The zero-order chi connectivity index (χ0) is 22.8. The van der Waals surface area contributed by atoms with Crippen LogP contribution in [0.1, 0.15) is 32.4 Å². The number of aromatic nitrogens is 1. The number of hydrazone groups is 1. The molecule has 1 aliphatic rings. The van der Waals surface area contributed by atoms with Crippen molar-refractivity contribution in [3.63, 3.8) is 0 Å². The quantitative estimate of drug-likeness (QED) is 0.275. The third-order valence-electron chi connectivity index (χ3n) is 5.36. The number of pyridine rings is 1. The van der Waals surface area contributed by atoms with Crippen molar-refractivity contribution in [3.05, 3.63) is 52.3 Å². The SMILES string of the molecule is CC(C)(C)N(N)/C(=N\N)C(c1cccc(O)c1)N1CCN(c2c(Cl)cncc2Cl)CC1. The fourth-order valence-corrected chi connectivity index (χ4v) is 4.34. The van der Waals surface area contributed by atoms with Crippen molar-refractivity contribution in [2.45, 2.75) is 32.4 Å². The Balaban J connectivity index is 1.91. The number of anilines is 1. The zero-order valence-electron chi connectivity index (χ0n) is 18.0. The molecule has 168 valence electrons. The van der Waals surface area contributed by atoms with Gasteiger partial charge in [-0.3, -0.25) is 14.9 Å². The maximum absolute atomic E-state index is 10.1. The number of hydrogen-bond acceptors (Lipinski definition) is 7. The van der Waals surface area contributed by atoms with Gasteiger partial charge in [0.25, 0.3) is 0 Å². The third kappa shape index (κ3) is 5.15. The molecule has 1 fully saturated rings. The molecule has 1 aromatic carbocycles. The van der Waals surface area contributed by atoms with Gasteiger partial charge in [-0.05, 0) is 38.5 Å². The second-order valence-electron chi connectivity index (χ2n) is 8.50. The Hall–Kier alpha value is -2.26. The molecule has 1 atom stereocenters. The second kappa shape index (κ2) is 9.48. The van der Waals surface area contributed by atoms with Gasteiger partial charge in [-0.2, -0.15) is 5.10 Å². The molecule has 1 aromatic heterocycles. The summed E-state index contributed by atoms with van der Waals surface area (Å²) in [4.78, 5) is 8.42. The van der Waals surface area contributed by atoms with Crippen LogP contribution in [-0.2, 0) is 0 Å². The van der Waals surface area contributed by atoms with Crippen LogP contribution in [0.15, 0.2) is 41.8 Å². The van der Waals surface area contributed by atoms with E-state index in [0.717, 1.165) is 11.3 Å². The van der Waals surface area contributed by atoms with Gasteiger partial charge < -0.3 is 15.8 Å². The smallest absolute Gasteiger partial charge is 0.161 e. The summed E-state index contributed by atoms with van der Waals surface area (Å²) >= 11 is 12.7. The number of piperazine rings is 1. The van der Waals surface area contributed by atoms with Crippen LogP contribution in [0, 0.1) is 0 Å². The summed E-state index contributed by atoms with van der Waals surface area (Å²) in [7, 11) is 0. The van der Waals surface area contributed by atoms with Crippen LogP contribution in [0.3, 0.4) is 0 Å². The van der Waals surface area contributed by atoms with E-state index in [1.54, 1.807) is 35.6 Å². The first kappa shape index (κ1) is 23.4. The van der Waals surface area contributed by atoms with Crippen LogP contribution in [0.25, 0.3) is 0 Å². The lowest BCUT2D eigenvalue weighted by Crippen LogP contribution is -2.57. The number of rotatable bonds is 4. The van der Waals surface area contributed by atoms with Crippen LogP contribution >= 0.6 is 23.2 Å². The Labute approximate surface area is 193 Å². The van der Waals surface area contributed by atoms with Crippen LogP contribution in [0.2, 0.25) is 10.0 Å². The summed E-state index contributed by atoms with van der Waals surface area (Å²) in [5.74, 6) is 13.0. The predicted molar refractivity (Wildman–Crippen MR) is 126 cm³/mol. The number of amidine groups is 1. The predicted octanol–water partition coefficient (Wildman–Crippen LogP) is 3.20. The molecule has 2 heterocycles. The Kier molecular flexibility index (Phi) is 7.16. The first-order valence-electron chi connectivity index (χ1n) is 10.0. The number of halogens is 2. The molecule has 0 radical (unpaired) electrons. The minimum Gasteiger partial charge on any atom is -0.508 e. The lowest BCUT2D eigenvalue weighted by molar-refractivity contribution is 0.183. The molecular weight excluding hydrogens is 437 g/mol. The van der Waals surface area contributed by atoms with E-state index in [1.165, 1.54) is 0 Å². The van der Waals surface area contributed by atoms with Crippen LogP contribution in [0.5, 0.6) is 5.75 Å². The number of aromatic hydroxyl groups is 1. The zero-order valence-corrected chi connectivity index (χ0v) is 19.5. The summed E-state index contributed by atoms with van der Waals surface area (Å²) in [6, 6.07) is 6.77. The molecule has 31 heavy (non-hydrogen) atoms. The molecule has 1 aliphatic heterocycles. The first-order chi connectivity index (χ1) is 14.6. The topological polar surface area (TPSA) is 107 Å². The van der Waals surface area contributed by atoms with Crippen molar-refractivity contribution in [1.82, 2.24) is 14.9 Å². The van der Waals surface area contributed by atoms with Crippen LogP contribution in [-0.4, -0.2) is 57.6 Å². The summed E-state index contributed by atoms with van der Waals surface area (Å²) in [5, 5.41) is 16.8. The van der Waals surface area contributed by atoms with E-state index in [-0.39, 0.29) is 11.8 Å². The highest BCUT2D eigenvalue weighted by Gasteiger charge is 2.35. The fraction of sp³-hybridized carbons (Fsp3) is 0.429. The van der Waals surface area contributed by atoms with Gasteiger partial charge in [0, 0.05) is 44.1 Å². The number of hydrazine groups is 1. The minimum absolute atomic E-state index is 0.173. The Morgan fingerprint density at radius 2 is 1.77 bits per heavy atom. The average Bonchev–Trinajstić information content (AvgIpc) is 2.71. The lowest BCUT2D eigenvalue weighted by atomic mass is 9.99. The molecular formula is C21H29Cl2N7O. The first-order valence-corrected chi connectivity index (χ1v) is 10.8. The molecule has 2 aromatic rings. The second-order valence-corrected chi connectivity index (χ2v) is 9.31. The molecule has 0 saturated carbocycles. The number of benzene rings is 1. The maximum Gasteiger partial charge on any atom is 0.161 e. The lowest BCUT2D eigenvalue weighted by Gasteiger charge is -2.44.